The van der Waals surface area contributed by atoms with E-state index in [1.807, 2.05) is 7.05 Å². The minimum absolute atomic E-state index is 0. The zero-order valence-electron chi connectivity index (χ0n) is 11.4. The van der Waals surface area contributed by atoms with E-state index in [1.54, 1.807) is 7.11 Å². The number of hydrogen-bond acceptors (Lipinski definition) is 3. The fourth-order valence-electron chi connectivity index (χ4n) is 2.48. The first-order valence-electron chi connectivity index (χ1n) is 6.26. The van der Waals surface area contributed by atoms with Gasteiger partial charge in [0.15, 0.2) is 0 Å². The average molecular weight is 271 g/mol. The number of aryl methyl sites for hydroxylation is 1. The Morgan fingerprint density at radius 3 is 2.83 bits per heavy atom. The van der Waals surface area contributed by atoms with Crippen LogP contribution in [0.3, 0.4) is 0 Å². The van der Waals surface area contributed by atoms with Crippen LogP contribution in [0.1, 0.15) is 17.5 Å². The van der Waals surface area contributed by atoms with Gasteiger partial charge in [-0.05, 0) is 26.5 Å². The van der Waals surface area contributed by atoms with E-state index in [-0.39, 0.29) is 12.4 Å². The van der Waals surface area contributed by atoms with Crippen molar-refractivity contribution in [3.05, 3.63) is 29.3 Å². The monoisotopic (exact) mass is 270 g/mol. The number of likely N-dealkylation sites (tertiary alicyclic amines) is 1. The molecule has 2 rings (SSSR count). The van der Waals surface area contributed by atoms with Crippen molar-refractivity contribution in [3.8, 4) is 5.75 Å². The molecule has 1 atom stereocenters. The molecule has 0 amide bonds. The number of benzene rings is 1. The molecule has 0 saturated carbocycles. The molecule has 4 heteroatoms. The lowest BCUT2D eigenvalue weighted by atomic mass is 10.1. The maximum Gasteiger partial charge on any atom is 0.123 e. The van der Waals surface area contributed by atoms with Crippen LogP contribution in [0.15, 0.2) is 18.2 Å². The minimum Gasteiger partial charge on any atom is -0.496 e. The number of nitrogens with zero attached hydrogens (tertiary/aromatic N) is 1. The number of ether oxygens (including phenoxy) is 1. The first-order chi connectivity index (χ1) is 8.22. The summed E-state index contributed by atoms with van der Waals surface area (Å²) in [4.78, 5) is 2.48. The Balaban J connectivity index is 0.00000162. The van der Waals surface area contributed by atoms with Crippen molar-refractivity contribution in [1.82, 2.24) is 10.2 Å². The van der Waals surface area contributed by atoms with Crippen LogP contribution in [0.25, 0.3) is 0 Å². The van der Waals surface area contributed by atoms with E-state index in [1.165, 1.54) is 24.1 Å². The Morgan fingerprint density at radius 2 is 2.22 bits per heavy atom. The van der Waals surface area contributed by atoms with Crippen LogP contribution < -0.4 is 10.1 Å². The van der Waals surface area contributed by atoms with Crippen molar-refractivity contribution in [1.29, 1.82) is 0 Å². The van der Waals surface area contributed by atoms with E-state index in [2.05, 4.69) is 35.3 Å². The summed E-state index contributed by atoms with van der Waals surface area (Å²) in [5.41, 5.74) is 2.59. The largest absolute Gasteiger partial charge is 0.496 e. The summed E-state index contributed by atoms with van der Waals surface area (Å²) >= 11 is 0. The van der Waals surface area contributed by atoms with E-state index < -0.39 is 0 Å². The molecule has 102 valence electrons. The molecule has 0 bridgehead atoms. The topological polar surface area (TPSA) is 24.5 Å². The zero-order valence-corrected chi connectivity index (χ0v) is 12.2. The molecule has 1 heterocycles. The van der Waals surface area contributed by atoms with Crippen molar-refractivity contribution < 1.29 is 4.74 Å². The Hall–Kier alpha value is -0.770. The van der Waals surface area contributed by atoms with Gasteiger partial charge in [-0.15, -0.1) is 12.4 Å². The van der Waals surface area contributed by atoms with Crippen molar-refractivity contribution in [3.63, 3.8) is 0 Å². The average Bonchev–Trinajstić information content (AvgIpc) is 2.77. The van der Waals surface area contributed by atoms with E-state index in [4.69, 9.17) is 4.74 Å². The highest BCUT2D eigenvalue weighted by Crippen LogP contribution is 2.23. The first-order valence-corrected chi connectivity index (χ1v) is 6.26. The second-order valence-electron chi connectivity index (χ2n) is 4.82. The van der Waals surface area contributed by atoms with Gasteiger partial charge in [0.25, 0.3) is 0 Å². The molecule has 1 unspecified atom stereocenters. The van der Waals surface area contributed by atoms with Crippen LogP contribution in [-0.4, -0.2) is 38.2 Å². The third-order valence-corrected chi connectivity index (χ3v) is 3.51. The Kier molecular flexibility index (Phi) is 5.93. The van der Waals surface area contributed by atoms with Gasteiger partial charge in [-0.25, -0.2) is 0 Å². The van der Waals surface area contributed by atoms with Crippen LogP contribution in [0.5, 0.6) is 5.75 Å². The van der Waals surface area contributed by atoms with Gasteiger partial charge in [0.1, 0.15) is 5.75 Å². The molecule has 1 aliphatic rings. The molecule has 1 N–H and O–H groups in total. The van der Waals surface area contributed by atoms with Gasteiger partial charge in [-0.1, -0.05) is 17.7 Å². The van der Waals surface area contributed by atoms with Crippen molar-refractivity contribution in [2.24, 2.45) is 0 Å². The SMILES string of the molecule is CNC1CCN(Cc2cc(C)ccc2OC)C1.Cl. The van der Waals surface area contributed by atoms with E-state index in [0.29, 0.717) is 6.04 Å². The summed E-state index contributed by atoms with van der Waals surface area (Å²) in [5.74, 6) is 1.00. The highest BCUT2D eigenvalue weighted by molar-refractivity contribution is 5.85. The lowest BCUT2D eigenvalue weighted by Crippen LogP contribution is -2.29. The molecule has 0 radical (unpaired) electrons. The molecule has 1 saturated heterocycles. The Labute approximate surface area is 116 Å². The summed E-state index contributed by atoms with van der Waals surface area (Å²) < 4.78 is 5.42. The molecule has 0 spiro atoms. The van der Waals surface area contributed by atoms with E-state index in [0.717, 1.165) is 18.8 Å². The van der Waals surface area contributed by atoms with Crippen LogP contribution in [0.2, 0.25) is 0 Å². The van der Waals surface area contributed by atoms with Gasteiger partial charge in [0.2, 0.25) is 0 Å². The molecule has 0 aromatic heterocycles. The molecule has 1 aliphatic heterocycles. The van der Waals surface area contributed by atoms with Gasteiger partial charge >= 0.3 is 0 Å². The predicted octanol–water partition coefficient (Wildman–Crippen LogP) is 2.22. The lowest BCUT2D eigenvalue weighted by Gasteiger charge is -2.18. The quantitative estimate of drug-likeness (QED) is 0.908. The van der Waals surface area contributed by atoms with Crippen LogP contribution in [0.4, 0.5) is 0 Å². The number of nitrogens with one attached hydrogen (secondary N) is 1. The number of rotatable bonds is 4. The predicted molar refractivity (Wildman–Crippen MR) is 77.7 cm³/mol. The van der Waals surface area contributed by atoms with Crippen molar-refractivity contribution in [2.75, 3.05) is 27.2 Å². The highest BCUT2D eigenvalue weighted by Gasteiger charge is 2.21. The van der Waals surface area contributed by atoms with Gasteiger partial charge in [-0.3, -0.25) is 4.90 Å². The van der Waals surface area contributed by atoms with Crippen LogP contribution in [0, 0.1) is 6.92 Å². The number of likely N-dealkylation sites (N-methyl/N-ethyl adjacent to an activating group) is 1. The van der Waals surface area contributed by atoms with Gasteiger partial charge < -0.3 is 10.1 Å². The summed E-state index contributed by atoms with van der Waals surface area (Å²) in [6.07, 6.45) is 1.24. The molecular weight excluding hydrogens is 248 g/mol. The van der Waals surface area contributed by atoms with E-state index >= 15 is 0 Å². The molecule has 1 aromatic carbocycles. The van der Waals surface area contributed by atoms with Crippen molar-refractivity contribution >= 4 is 12.4 Å². The molecule has 1 fully saturated rings. The second kappa shape index (κ2) is 6.98. The number of halogens is 1. The standard InChI is InChI=1S/C14H22N2O.ClH/c1-11-4-5-14(17-3)12(8-11)9-16-7-6-13(10-16)15-2;/h4-5,8,13,15H,6-7,9-10H2,1-3H3;1H. The summed E-state index contributed by atoms with van der Waals surface area (Å²) in [6.45, 7) is 5.42. The first kappa shape index (κ1) is 15.3. The van der Waals surface area contributed by atoms with Gasteiger partial charge in [0.05, 0.1) is 7.11 Å². The molecule has 1 aromatic rings. The Morgan fingerprint density at radius 1 is 1.44 bits per heavy atom. The fourth-order valence-corrected chi connectivity index (χ4v) is 2.48. The number of methoxy groups -OCH3 is 1. The van der Waals surface area contributed by atoms with Crippen molar-refractivity contribution in [2.45, 2.75) is 25.9 Å². The van der Waals surface area contributed by atoms with Crippen LogP contribution in [-0.2, 0) is 6.54 Å². The normalized spacial score (nSPS) is 19.6. The smallest absolute Gasteiger partial charge is 0.123 e. The fraction of sp³-hybridized carbons (Fsp3) is 0.571. The van der Waals surface area contributed by atoms with E-state index in [9.17, 15) is 0 Å². The van der Waals surface area contributed by atoms with Gasteiger partial charge in [0, 0.05) is 31.2 Å². The summed E-state index contributed by atoms with van der Waals surface area (Å²) in [6, 6.07) is 7.04. The summed E-state index contributed by atoms with van der Waals surface area (Å²) in [5, 5.41) is 3.35. The third-order valence-electron chi connectivity index (χ3n) is 3.51. The molecular formula is C14H23ClN2O. The number of hydrogen-bond donors (Lipinski definition) is 1. The van der Waals surface area contributed by atoms with Gasteiger partial charge in [-0.2, -0.15) is 0 Å². The van der Waals surface area contributed by atoms with Crippen LogP contribution >= 0.6 is 12.4 Å². The minimum atomic E-state index is 0. The lowest BCUT2D eigenvalue weighted by molar-refractivity contribution is 0.313. The second-order valence-corrected chi connectivity index (χ2v) is 4.82. The Bertz CT molecular complexity index is 384. The zero-order chi connectivity index (χ0) is 12.3. The summed E-state index contributed by atoms with van der Waals surface area (Å²) in [7, 11) is 3.79. The molecule has 0 aliphatic carbocycles. The maximum atomic E-state index is 5.42. The maximum absolute atomic E-state index is 5.42. The molecule has 18 heavy (non-hydrogen) atoms. The molecule has 3 nitrogen and oxygen atoms in total. The third kappa shape index (κ3) is 3.61. The highest BCUT2D eigenvalue weighted by atomic mass is 35.5.